The molecule has 0 saturated carbocycles. The molecule has 1 aliphatic rings. The zero-order valence-electron chi connectivity index (χ0n) is 12.4. The van der Waals surface area contributed by atoms with E-state index in [-0.39, 0.29) is 11.5 Å². The van der Waals surface area contributed by atoms with Crippen molar-refractivity contribution in [2.45, 2.75) is 30.7 Å². The lowest BCUT2D eigenvalue weighted by Gasteiger charge is -2.39. The first-order valence-corrected chi connectivity index (χ1v) is 7.04. The van der Waals surface area contributed by atoms with Gasteiger partial charge in [0.25, 0.3) is 0 Å². The molecule has 0 radical (unpaired) electrons. The molecule has 1 aromatic rings. The molecule has 1 fully saturated rings. The Hall–Kier alpha value is -2.17. The second-order valence-electron chi connectivity index (χ2n) is 5.21. The predicted molar refractivity (Wildman–Crippen MR) is 78.7 cm³/mol. The minimum Gasteiger partial charge on any atom is -0.504 e. The van der Waals surface area contributed by atoms with Crippen molar-refractivity contribution in [1.82, 2.24) is 0 Å². The summed E-state index contributed by atoms with van der Waals surface area (Å²) < 4.78 is 9.71. The van der Waals surface area contributed by atoms with Crippen LogP contribution in [-0.4, -0.2) is 73.9 Å². The van der Waals surface area contributed by atoms with Crippen molar-refractivity contribution in [2.75, 3.05) is 6.61 Å². The number of aliphatic hydroxyl groups excluding tert-OH is 4. The van der Waals surface area contributed by atoms with Gasteiger partial charge in [-0.05, 0) is 23.8 Å². The maximum absolute atomic E-state index is 11.8. The number of esters is 1. The molecule has 6 N–H and O–H groups in total. The van der Waals surface area contributed by atoms with Gasteiger partial charge in [0, 0.05) is 6.08 Å². The first-order chi connectivity index (χ1) is 11.3. The summed E-state index contributed by atoms with van der Waals surface area (Å²) in [5, 5.41) is 56.7. The summed E-state index contributed by atoms with van der Waals surface area (Å²) in [4.78, 5) is 11.8. The second-order valence-corrected chi connectivity index (χ2v) is 5.21. The number of phenols is 2. The average molecular weight is 342 g/mol. The first kappa shape index (κ1) is 18.2. The van der Waals surface area contributed by atoms with Gasteiger partial charge < -0.3 is 40.1 Å². The van der Waals surface area contributed by atoms with Gasteiger partial charge in [-0.2, -0.15) is 0 Å². The molecule has 0 amide bonds. The van der Waals surface area contributed by atoms with E-state index in [1.807, 2.05) is 0 Å². The Kier molecular flexibility index (Phi) is 5.75. The molecule has 0 unspecified atom stereocenters. The Morgan fingerprint density at radius 2 is 1.88 bits per heavy atom. The van der Waals surface area contributed by atoms with Crippen molar-refractivity contribution in [2.24, 2.45) is 0 Å². The summed E-state index contributed by atoms with van der Waals surface area (Å²) in [6, 6.07) is 3.87. The molecule has 0 bridgehead atoms. The highest BCUT2D eigenvalue weighted by Gasteiger charge is 2.45. The van der Waals surface area contributed by atoms with E-state index < -0.39 is 43.3 Å². The SMILES string of the molecule is O=C(C=Cc1ccc(O)c(O)c1)O[C@@H]1[C@@H](O)[C@H](O)[C@@H](CO)O[C@@H]1O. The number of phenolic OH excluding ortho intramolecular Hbond substituents is 2. The summed E-state index contributed by atoms with van der Waals surface area (Å²) in [5.74, 6) is -1.62. The lowest BCUT2D eigenvalue weighted by Crippen LogP contribution is -2.59. The van der Waals surface area contributed by atoms with E-state index in [4.69, 9.17) is 14.6 Å². The van der Waals surface area contributed by atoms with Gasteiger partial charge in [-0.15, -0.1) is 0 Å². The second kappa shape index (κ2) is 7.60. The summed E-state index contributed by atoms with van der Waals surface area (Å²) in [7, 11) is 0. The van der Waals surface area contributed by atoms with Crippen LogP contribution in [0.4, 0.5) is 0 Å². The van der Waals surface area contributed by atoms with Crippen LogP contribution < -0.4 is 0 Å². The van der Waals surface area contributed by atoms with Gasteiger partial charge in [0.15, 0.2) is 23.9 Å². The van der Waals surface area contributed by atoms with Crippen LogP contribution in [0.5, 0.6) is 11.5 Å². The number of aliphatic hydroxyl groups is 4. The Morgan fingerprint density at radius 1 is 1.17 bits per heavy atom. The number of ether oxygens (including phenoxy) is 2. The van der Waals surface area contributed by atoms with Crippen molar-refractivity contribution < 1.29 is 44.9 Å². The van der Waals surface area contributed by atoms with Crippen molar-refractivity contribution in [1.29, 1.82) is 0 Å². The maximum Gasteiger partial charge on any atom is 0.331 e. The molecule has 5 atom stereocenters. The highest BCUT2D eigenvalue weighted by Crippen LogP contribution is 2.26. The van der Waals surface area contributed by atoms with Crippen LogP contribution in [0.1, 0.15) is 5.56 Å². The van der Waals surface area contributed by atoms with Gasteiger partial charge in [-0.1, -0.05) is 6.07 Å². The molecule has 0 aliphatic carbocycles. The first-order valence-electron chi connectivity index (χ1n) is 7.04. The molecule has 9 nitrogen and oxygen atoms in total. The van der Waals surface area contributed by atoms with E-state index in [1.54, 1.807) is 0 Å². The molecule has 1 saturated heterocycles. The van der Waals surface area contributed by atoms with Crippen molar-refractivity contribution in [3.8, 4) is 11.5 Å². The van der Waals surface area contributed by atoms with Crippen molar-refractivity contribution in [3.05, 3.63) is 29.8 Å². The van der Waals surface area contributed by atoms with E-state index in [2.05, 4.69) is 0 Å². The van der Waals surface area contributed by atoms with E-state index >= 15 is 0 Å². The van der Waals surface area contributed by atoms with Crippen LogP contribution >= 0.6 is 0 Å². The molecule has 2 rings (SSSR count). The Bertz CT molecular complexity index is 615. The number of carbonyl (C=O) groups excluding carboxylic acids is 1. The highest BCUT2D eigenvalue weighted by molar-refractivity contribution is 5.87. The maximum atomic E-state index is 11.8. The number of hydrogen-bond donors (Lipinski definition) is 6. The third-order valence-electron chi connectivity index (χ3n) is 3.51. The van der Waals surface area contributed by atoms with E-state index in [0.29, 0.717) is 5.56 Å². The third kappa shape index (κ3) is 4.02. The summed E-state index contributed by atoms with van der Waals surface area (Å²) in [5.41, 5.74) is 0.392. The number of hydrogen-bond acceptors (Lipinski definition) is 9. The summed E-state index contributed by atoms with van der Waals surface area (Å²) >= 11 is 0. The van der Waals surface area contributed by atoms with Gasteiger partial charge in [-0.3, -0.25) is 0 Å². The topological polar surface area (TPSA) is 157 Å². The largest absolute Gasteiger partial charge is 0.504 e. The van der Waals surface area contributed by atoms with Gasteiger partial charge in [0.05, 0.1) is 6.61 Å². The zero-order chi connectivity index (χ0) is 17.9. The molecule has 9 heteroatoms. The Labute approximate surface area is 136 Å². The molecule has 0 spiro atoms. The zero-order valence-corrected chi connectivity index (χ0v) is 12.4. The van der Waals surface area contributed by atoms with Gasteiger partial charge in [-0.25, -0.2) is 4.79 Å². The van der Waals surface area contributed by atoms with Crippen molar-refractivity contribution >= 4 is 12.0 Å². The van der Waals surface area contributed by atoms with E-state index in [0.717, 1.165) is 6.08 Å². The molecular formula is C15H18O9. The predicted octanol–water partition coefficient (Wildman–Crippen LogP) is -1.55. The quantitative estimate of drug-likeness (QED) is 0.217. The fourth-order valence-electron chi connectivity index (χ4n) is 2.18. The standard InChI is InChI=1S/C15H18O9/c16-6-10-12(20)13(21)14(15(22)23-10)24-11(19)4-2-7-1-3-8(17)9(18)5-7/h1-5,10,12-18,20-22H,6H2/t10-,12-,13+,14-,15+/m1/s1. The molecule has 1 aromatic carbocycles. The molecule has 0 aromatic heterocycles. The fourth-order valence-corrected chi connectivity index (χ4v) is 2.18. The number of aromatic hydroxyl groups is 2. The van der Waals surface area contributed by atoms with Crippen LogP contribution in [0, 0.1) is 0 Å². The van der Waals surface area contributed by atoms with Crippen LogP contribution in [0.15, 0.2) is 24.3 Å². The molecule has 132 valence electrons. The van der Waals surface area contributed by atoms with E-state index in [1.165, 1.54) is 24.3 Å². The molecular weight excluding hydrogens is 324 g/mol. The summed E-state index contributed by atoms with van der Waals surface area (Å²) in [6.45, 7) is -0.625. The monoisotopic (exact) mass is 342 g/mol. The summed E-state index contributed by atoms with van der Waals surface area (Å²) in [6.07, 6.45) is -5.37. The highest BCUT2D eigenvalue weighted by atomic mass is 16.7. The van der Waals surface area contributed by atoms with Gasteiger partial charge >= 0.3 is 5.97 Å². The third-order valence-corrected chi connectivity index (χ3v) is 3.51. The molecule has 1 aliphatic heterocycles. The van der Waals surface area contributed by atoms with Crippen LogP contribution in [0.25, 0.3) is 6.08 Å². The normalized spacial score (nSPS) is 30.4. The minimum absolute atomic E-state index is 0.312. The molecule has 1 heterocycles. The van der Waals surface area contributed by atoms with Crippen LogP contribution in [0.3, 0.4) is 0 Å². The number of rotatable bonds is 4. The lowest BCUT2D eigenvalue weighted by molar-refractivity contribution is -0.289. The number of carbonyl (C=O) groups is 1. The van der Waals surface area contributed by atoms with E-state index in [9.17, 15) is 30.3 Å². The van der Waals surface area contributed by atoms with Gasteiger partial charge in [0.2, 0.25) is 0 Å². The van der Waals surface area contributed by atoms with Crippen LogP contribution in [-0.2, 0) is 14.3 Å². The fraction of sp³-hybridized carbons (Fsp3) is 0.400. The smallest absolute Gasteiger partial charge is 0.331 e. The Morgan fingerprint density at radius 3 is 2.50 bits per heavy atom. The van der Waals surface area contributed by atoms with Crippen molar-refractivity contribution in [3.63, 3.8) is 0 Å². The van der Waals surface area contributed by atoms with Gasteiger partial charge in [0.1, 0.15) is 18.3 Å². The average Bonchev–Trinajstić information content (AvgIpc) is 2.56. The minimum atomic E-state index is -1.71. The Balaban J connectivity index is 2.00. The molecule has 24 heavy (non-hydrogen) atoms. The lowest BCUT2D eigenvalue weighted by atomic mass is 9.99. The van der Waals surface area contributed by atoms with Crippen LogP contribution in [0.2, 0.25) is 0 Å². The number of benzene rings is 1.